The van der Waals surface area contributed by atoms with Crippen molar-refractivity contribution in [3.05, 3.63) is 0 Å². The summed E-state index contributed by atoms with van der Waals surface area (Å²) < 4.78 is 5.15. The zero-order valence-corrected chi connectivity index (χ0v) is 12.6. The molecule has 110 valence electrons. The third kappa shape index (κ3) is 9.83. The number of methoxy groups -OCH3 is 1. The van der Waals surface area contributed by atoms with Gasteiger partial charge in [-0.1, -0.05) is 20.8 Å². The molecule has 4 nitrogen and oxygen atoms in total. The van der Waals surface area contributed by atoms with Crippen molar-refractivity contribution in [2.75, 3.05) is 46.5 Å². The minimum atomic E-state index is 0.222. The minimum Gasteiger partial charge on any atom is -0.395 e. The molecule has 0 aromatic carbocycles. The average molecular weight is 260 g/mol. The molecule has 0 aromatic rings. The van der Waals surface area contributed by atoms with Gasteiger partial charge < -0.3 is 20.1 Å². The van der Waals surface area contributed by atoms with E-state index >= 15 is 0 Å². The van der Waals surface area contributed by atoms with Crippen molar-refractivity contribution >= 4 is 0 Å². The molecule has 0 saturated heterocycles. The Morgan fingerprint density at radius 1 is 1.28 bits per heavy atom. The quantitative estimate of drug-likeness (QED) is 0.556. The first-order valence-electron chi connectivity index (χ1n) is 7.19. The van der Waals surface area contributed by atoms with Crippen LogP contribution in [0.15, 0.2) is 0 Å². The van der Waals surface area contributed by atoms with Crippen molar-refractivity contribution < 1.29 is 9.84 Å². The van der Waals surface area contributed by atoms with Crippen LogP contribution in [-0.2, 0) is 4.74 Å². The Morgan fingerprint density at radius 2 is 2.00 bits per heavy atom. The lowest BCUT2D eigenvalue weighted by molar-refractivity contribution is 0.132. The summed E-state index contributed by atoms with van der Waals surface area (Å²) in [5, 5.41) is 12.7. The van der Waals surface area contributed by atoms with Gasteiger partial charge in [-0.15, -0.1) is 0 Å². The second-order valence-corrected chi connectivity index (χ2v) is 5.31. The predicted octanol–water partition coefficient (Wildman–Crippen LogP) is 1.34. The highest BCUT2D eigenvalue weighted by Gasteiger charge is 2.11. The third-order valence-corrected chi connectivity index (χ3v) is 2.93. The highest BCUT2D eigenvalue weighted by Crippen LogP contribution is 2.02. The van der Waals surface area contributed by atoms with Crippen LogP contribution >= 0.6 is 0 Å². The maximum atomic E-state index is 9.32. The van der Waals surface area contributed by atoms with Gasteiger partial charge in [-0.2, -0.15) is 0 Å². The predicted molar refractivity (Wildman–Crippen MR) is 76.9 cm³/mol. The summed E-state index contributed by atoms with van der Waals surface area (Å²) in [6.07, 6.45) is 2.10. The zero-order valence-electron chi connectivity index (χ0n) is 12.6. The van der Waals surface area contributed by atoms with Crippen LogP contribution < -0.4 is 5.32 Å². The smallest absolute Gasteiger partial charge is 0.0589 e. The first kappa shape index (κ1) is 17.8. The number of nitrogens with zero attached hydrogens (tertiary/aromatic N) is 1. The molecule has 1 atom stereocenters. The van der Waals surface area contributed by atoms with Crippen LogP contribution in [0, 0.1) is 5.92 Å². The Morgan fingerprint density at radius 3 is 2.50 bits per heavy atom. The number of aliphatic hydroxyl groups excluding tert-OH is 1. The SMILES string of the molecule is CCCNC(CO)CCN(CCOC)CC(C)C. The normalized spacial score (nSPS) is 13.5. The second kappa shape index (κ2) is 11.9. The standard InChI is InChI=1S/C14H32N2O2/c1-5-7-15-14(12-17)6-8-16(9-10-18-4)11-13(2)3/h13-15,17H,5-12H2,1-4H3. The highest BCUT2D eigenvalue weighted by atomic mass is 16.5. The molecular formula is C14H32N2O2. The van der Waals surface area contributed by atoms with E-state index in [4.69, 9.17) is 4.74 Å². The number of hydrogen-bond donors (Lipinski definition) is 2. The van der Waals surface area contributed by atoms with E-state index in [1.807, 2.05) is 0 Å². The molecule has 0 aromatic heterocycles. The van der Waals surface area contributed by atoms with E-state index in [1.54, 1.807) is 7.11 Å². The van der Waals surface area contributed by atoms with Gasteiger partial charge in [0.25, 0.3) is 0 Å². The first-order chi connectivity index (χ1) is 8.63. The molecule has 0 radical (unpaired) electrons. The van der Waals surface area contributed by atoms with E-state index in [0.29, 0.717) is 5.92 Å². The van der Waals surface area contributed by atoms with E-state index in [1.165, 1.54) is 0 Å². The van der Waals surface area contributed by atoms with Crippen molar-refractivity contribution in [1.29, 1.82) is 0 Å². The molecule has 0 aliphatic rings. The van der Waals surface area contributed by atoms with Crippen LogP contribution in [0.1, 0.15) is 33.6 Å². The summed E-state index contributed by atoms with van der Waals surface area (Å²) in [4.78, 5) is 2.42. The van der Waals surface area contributed by atoms with E-state index in [2.05, 4.69) is 31.0 Å². The summed E-state index contributed by atoms with van der Waals surface area (Å²) in [5.74, 6) is 0.665. The van der Waals surface area contributed by atoms with Gasteiger partial charge in [-0.05, 0) is 31.8 Å². The maximum Gasteiger partial charge on any atom is 0.0589 e. The highest BCUT2D eigenvalue weighted by molar-refractivity contribution is 4.69. The number of hydrogen-bond acceptors (Lipinski definition) is 4. The molecule has 0 fully saturated rings. The van der Waals surface area contributed by atoms with E-state index in [-0.39, 0.29) is 12.6 Å². The van der Waals surface area contributed by atoms with E-state index in [9.17, 15) is 5.11 Å². The molecule has 0 rings (SSSR count). The van der Waals surface area contributed by atoms with Crippen LogP contribution in [0.5, 0.6) is 0 Å². The topological polar surface area (TPSA) is 44.7 Å². The van der Waals surface area contributed by atoms with Crippen LogP contribution in [0.2, 0.25) is 0 Å². The van der Waals surface area contributed by atoms with Gasteiger partial charge in [0.05, 0.1) is 13.2 Å². The van der Waals surface area contributed by atoms with Crippen molar-refractivity contribution in [2.45, 2.75) is 39.7 Å². The van der Waals surface area contributed by atoms with Gasteiger partial charge in [0, 0.05) is 26.2 Å². The number of ether oxygens (including phenoxy) is 1. The van der Waals surface area contributed by atoms with Crippen molar-refractivity contribution in [2.24, 2.45) is 5.92 Å². The Balaban J connectivity index is 3.96. The van der Waals surface area contributed by atoms with Crippen LogP contribution in [0.4, 0.5) is 0 Å². The van der Waals surface area contributed by atoms with Gasteiger partial charge in [0.2, 0.25) is 0 Å². The monoisotopic (exact) mass is 260 g/mol. The molecule has 0 aliphatic carbocycles. The summed E-state index contributed by atoms with van der Waals surface area (Å²) in [7, 11) is 1.74. The molecule has 0 saturated carbocycles. The molecule has 1 unspecified atom stereocenters. The van der Waals surface area contributed by atoms with Gasteiger partial charge in [-0.25, -0.2) is 0 Å². The molecule has 0 aliphatic heterocycles. The molecule has 4 heteroatoms. The molecule has 2 N–H and O–H groups in total. The largest absolute Gasteiger partial charge is 0.395 e. The Labute approximate surface area is 113 Å². The van der Waals surface area contributed by atoms with Crippen LogP contribution in [0.25, 0.3) is 0 Å². The van der Waals surface area contributed by atoms with Gasteiger partial charge in [0.15, 0.2) is 0 Å². The van der Waals surface area contributed by atoms with Crippen LogP contribution in [0.3, 0.4) is 0 Å². The van der Waals surface area contributed by atoms with Crippen molar-refractivity contribution in [1.82, 2.24) is 10.2 Å². The molecule has 0 bridgehead atoms. The summed E-state index contributed by atoms with van der Waals surface area (Å²) >= 11 is 0. The number of rotatable bonds is 12. The molecule has 18 heavy (non-hydrogen) atoms. The number of aliphatic hydroxyl groups is 1. The number of nitrogens with one attached hydrogen (secondary N) is 1. The molecule has 0 amide bonds. The fourth-order valence-electron chi connectivity index (χ4n) is 1.98. The zero-order chi connectivity index (χ0) is 13.8. The van der Waals surface area contributed by atoms with E-state index in [0.717, 1.165) is 45.6 Å². The lowest BCUT2D eigenvalue weighted by atomic mass is 10.1. The summed E-state index contributed by atoms with van der Waals surface area (Å²) in [6, 6.07) is 0.224. The lowest BCUT2D eigenvalue weighted by Crippen LogP contribution is -2.39. The molecule has 0 heterocycles. The minimum absolute atomic E-state index is 0.222. The summed E-state index contributed by atoms with van der Waals surface area (Å²) in [6.45, 7) is 11.7. The third-order valence-electron chi connectivity index (χ3n) is 2.93. The van der Waals surface area contributed by atoms with Gasteiger partial charge in [-0.3, -0.25) is 0 Å². The Bertz CT molecular complexity index is 177. The van der Waals surface area contributed by atoms with Crippen LogP contribution in [-0.4, -0.2) is 62.6 Å². The van der Waals surface area contributed by atoms with Crippen molar-refractivity contribution in [3.8, 4) is 0 Å². The second-order valence-electron chi connectivity index (χ2n) is 5.31. The van der Waals surface area contributed by atoms with Crippen molar-refractivity contribution in [3.63, 3.8) is 0 Å². The average Bonchev–Trinajstić information content (AvgIpc) is 2.35. The Hall–Kier alpha value is -0.160. The van der Waals surface area contributed by atoms with Gasteiger partial charge >= 0.3 is 0 Å². The van der Waals surface area contributed by atoms with Gasteiger partial charge in [0.1, 0.15) is 0 Å². The lowest BCUT2D eigenvalue weighted by Gasteiger charge is -2.26. The Kier molecular flexibility index (Phi) is 11.8. The van der Waals surface area contributed by atoms with E-state index < -0.39 is 0 Å². The first-order valence-corrected chi connectivity index (χ1v) is 7.19. The fraction of sp³-hybridized carbons (Fsp3) is 1.00. The molecular weight excluding hydrogens is 228 g/mol. The maximum absolute atomic E-state index is 9.32. The molecule has 0 spiro atoms. The summed E-state index contributed by atoms with van der Waals surface area (Å²) in [5.41, 5.74) is 0. The fourth-order valence-corrected chi connectivity index (χ4v) is 1.98.